The van der Waals surface area contributed by atoms with Crippen LogP contribution in [-0.2, 0) is 6.42 Å². The molecule has 1 heterocycles. The van der Waals surface area contributed by atoms with Crippen LogP contribution in [0.1, 0.15) is 24.0 Å². The number of hydrogen-bond acceptors (Lipinski definition) is 3. The summed E-state index contributed by atoms with van der Waals surface area (Å²) >= 11 is 0. The summed E-state index contributed by atoms with van der Waals surface area (Å²) in [6, 6.07) is 3.97. The largest absolute Gasteiger partial charge is 0.504 e. The quantitative estimate of drug-likeness (QED) is 0.844. The first-order valence-electron chi connectivity index (χ1n) is 6.28. The van der Waals surface area contributed by atoms with Crippen molar-refractivity contribution in [3.63, 3.8) is 0 Å². The van der Waals surface area contributed by atoms with Crippen LogP contribution in [-0.4, -0.2) is 25.3 Å². The van der Waals surface area contributed by atoms with Gasteiger partial charge in [0.05, 0.1) is 7.11 Å². The molecule has 0 saturated carbocycles. The number of aryl methyl sites for hydroxylation is 1. The van der Waals surface area contributed by atoms with E-state index in [0.29, 0.717) is 5.75 Å². The van der Waals surface area contributed by atoms with Gasteiger partial charge >= 0.3 is 0 Å². The number of benzene rings is 1. The number of phenols is 1. The summed E-state index contributed by atoms with van der Waals surface area (Å²) in [5.41, 5.74) is 2.23. The second-order valence-electron chi connectivity index (χ2n) is 4.86. The number of piperidine rings is 1. The lowest BCUT2D eigenvalue weighted by molar-refractivity contribution is 0.363. The van der Waals surface area contributed by atoms with Crippen LogP contribution < -0.4 is 10.1 Å². The fraction of sp³-hybridized carbons (Fsp3) is 0.571. The zero-order valence-electron chi connectivity index (χ0n) is 10.6. The molecule has 0 radical (unpaired) electrons. The fourth-order valence-electron chi connectivity index (χ4n) is 2.63. The van der Waals surface area contributed by atoms with Gasteiger partial charge < -0.3 is 15.2 Å². The van der Waals surface area contributed by atoms with Crippen molar-refractivity contribution in [2.24, 2.45) is 5.92 Å². The minimum atomic E-state index is 0.261. The maximum atomic E-state index is 9.86. The third-order valence-corrected chi connectivity index (χ3v) is 3.50. The second kappa shape index (κ2) is 5.41. The molecule has 1 aliphatic rings. The highest BCUT2D eigenvalue weighted by Gasteiger charge is 2.15. The molecule has 3 nitrogen and oxygen atoms in total. The van der Waals surface area contributed by atoms with Crippen LogP contribution in [0, 0.1) is 12.8 Å². The standard InChI is InChI=1S/C14H21NO2/c1-10-7-12(9-13(16)14(10)17-2)8-11-3-5-15-6-4-11/h7,9,11,15-16H,3-6,8H2,1-2H3. The number of hydrogen-bond donors (Lipinski definition) is 2. The molecule has 0 amide bonds. The van der Waals surface area contributed by atoms with Crippen molar-refractivity contribution in [3.05, 3.63) is 23.3 Å². The highest BCUT2D eigenvalue weighted by Crippen LogP contribution is 2.32. The van der Waals surface area contributed by atoms with Gasteiger partial charge in [0.2, 0.25) is 0 Å². The Kier molecular flexibility index (Phi) is 3.89. The third-order valence-electron chi connectivity index (χ3n) is 3.50. The smallest absolute Gasteiger partial charge is 0.163 e. The minimum absolute atomic E-state index is 0.261. The average molecular weight is 235 g/mol. The van der Waals surface area contributed by atoms with Gasteiger partial charge in [0.1, 0.15) is 0 Å². The maximum absolute atomic E-state index is 9.86. The molecule has 1 aromatic carbocycles. The van der Waals surface area contributed by atoms with Crippen LogP contribution >= 0.6 is 0 Å². The summed E-state index contributed by atoms with van der Waals surface area (Å²) in [6.45, 7) is 4.21. The van der Waals surface area contributed by atoms with E-state index in [1.54, 1.807) is 7.11 Å². The predicted octanol–water partition coefficient (Wildman–Crippen LogP) is 2.25. The Labute approximate surface area is 103 Å². The first-order valence-corrected chi connectivity index (χ1v) is 6.28. The van der Waals surface area contributed by atoms with E-state index >= 15 is 0 Å². The van der Waals surface area contributed by atoms with Crippen LogP contribution in [0.4, 0.5) is 0 Å². The molecule has 0 atom stereocenters. The molecule has 0 aliphatic carbocycles. The van der Waals surface area contributed by atoms with Crippen molar-refractivity contribution in [2.45, 2.75) is 26.2 Å². The number of aromatic hydroxyl groups is 1. The summed E-state index contributed by atoms with van der Waals surface area (Å²) in [4.78, 5) is 0. The van der Waals surface area contributed by atoms with Crippen molar-refractivity contribution >= 4 is 0 Å². The van der Waals surface area contributed by atoms with Gasteiger partial charge in [-0.15, -0.1) is 0 Å². The normalized spacial score (nSPS) is 17.1. The number of ether oxygens (including phenoxy) is 1. The number of nitrogens with one attached hydrogen (secondary N) is 1. The molecule has 1 aromatic rings. The maximum Gasteiger partial charge on any atom is 0.163 e. The zero-order valence-corrected chi connectivity index (χ0v) is 10.6. The van der Waals surface area contributed by atoms with Gasteiger partial charge in [-0.2, -0.15) is 0 Å². The van der Waals surface area contributed by atoms with E-state index in [4.69, 9.17) is 4.74 Å². The molecule has 0 bridgehead atoms. The summed E-state index contributed by atoms with van der Waals surface area (Å²) in [5, 5.41) is 13.2. The van der Waals surface area contributed by atoms with Crippen molar-refractivity contribution in [1.82, 2.24) is 5.32 Å². The highest BCUT2D eigenvalue weighted by molar-refractivity contribution is 5.48. The van der Waals surface area contributed by atoms with E-state index in [9.17, 15) is 5.11 Å². The topological polar surface area (TPSA) is 41.5 Å². The Morgan fingerprint density at radius 3 is 2.65 bits per heavy atom. The molecule has 0 unspecified atom stereocenters. The van der Waals surface area contributed by atoms with Gasteiger partial charge in [-0.05, 0) is 62.4 Å². The predicted molar refractivity (Wildman–Crippen MR) is 68.7 cm³/mol. The van der Waals surface area contributed by atoms with Gasteiger partial charge in [-0.25, -0.2) is 0 Å². The van der Waals surface area contributed by atoms with Gasteiger partial charge in [0.25, 0.3) is 0 Å². The molecule has 94 valence electrons. The summed E-state index contributed by atoms with van der Waals surface area (Å²) in [6.07, 6.45) is 3.51. The molecule has 0 aromatic heterocycles. The van der Waals surface area contributed by atoms with Crippen LogP contribution in [0.2, 0.25) is 0 Å². The molecule has 17 heavy (non-hydrogen) atoms. The summed E-state index contributed by atoms with van der Waals surface area (Å²) in [7, 11) is 1.59. The Morgan fingerprint density at radius 1 is 1.35 bits per heavy atom. The first-order chi connectivity index (χ1) is 8.20. The minimum Gasteiger partial charge on any atom is -0.504 e. The SMILES string of the molecule is COc1c(C)cc(CC2CCNCC2)cc1O. The lowest BCUT2D eigenvalue weighted by Gasteiger charge is -2.23. The molecule has 1 saturated heterocycles. The average Bonchev–Trinajstić information content (AvgIpc) is 2.30. The van der Waals surface area contributed by atoms with Gasteiger partial charge in [-0.1, -0.05) is 6.07 Å². The van der Waals surface area contributed by atoms with Gasteiger partial charge in [-0.3, -0.25) is 0 Å². The van der Waals surface area contributed by atoms with E-state index in [1.807, 2.05) is 13.0 Å². The zero-order chi connectivity index (χ0) is 12.3. The Morgan fingerprint density at radius 2 is 2.06 bits per heavy atom. The molecular weight excluding hydrogens is 214 g/mol. The molecule has 1 aliphatic heterocycles. The highest BCUT2D eigenvalue weighted by atomic mass is 16.5. The molecular formula is C14H21NO2. The lowest BCUT2D eigenvalue weighted by Crippen LogP contribution is -2.28. The van der Waals surface area contributed by atoms with Gasteiger partial charge in [0, 0.05) is 0 Å². The Bertz CT molecular complexity index is 361. The lowest BCUT2D eigenvalue weighted by atomic mass is 9.90. The van der Waals surface area contributed by atoms with Crippen molar-refractivity contribution in [1.29, 1.82) is 0 Å². The van der Waals surface area contributed by atoms with E-state index in [-0.39, 0.29) is 5.75 Å². The van der Waals surface area contributed by atoms with Crippen molar-refractivity contribution in [3.8, 4) is 11.5 Å². The van der Waals surface area contributed by atoms with E-state index in [1.165, 1.54) is 18.4 Å². The van der Waals surface area contributed by atoms with Crippen LogP contribution in [0.5, 0.6) is 11.5 Å². The second-order valence-corrected chi connectivity index (χ2v) is 4.86. The Hall–Kier alpha value is -1.22. The van der Waals surface area contributed by atoms with Gasteiger partial charge in [0.15, 0.2) is 11.5 Å². The Balaban J connectivity index is 2.10. The number of methoxy groups -OCH3 is 1. The van der Waals surface area contributed by atoms with E-state index in [2.05, 4.69) is 11.4 Å². The summed E-state index contributed by atoms with van der Waals surface area (Å²) in [5.74, 6) is 1.60. The molecule has 2 N–H and O–H groups in total. The van der Waals surface area contributed by atoms with Crippen LogP contribution in [0.15, 0.2) is 12.1 Å². The van der Waals surface area contributed by atoms with Crippen molar-refractivity contribution < 1.29 is 9.84 Å². The summed E-state index contributed by atoms with van der Waals surface area (Å²) < 4.78 is 5.16. The van der Waals surface area contributed by atoms with E-state index < -0.39 is 0 Å². The molecule has 3 heteroatoms. The molecule has 1 fully saturated rings. The third kappa shape index (κ3) is 2.91. The van der Waals surface area contributed by atoms with Crippen LogP contribution in [0.3, 0.4) is 0 Å². The monoisotopic (exact) mass is 235 g/mol. The molecule has 2 rings (SSSR count). The van der Waals surface area contributed by atoms with E-state index in [0.717, 1.165) is 31.0 Å². The van der Waals surface area contributed by atoms with Crippen LogP contribution in [0.25, 0.3) is 0 Å². The number of rotatable bonds is 3. The van der Waals surface area contributed by atoms with Crippen molar-refractivity contribution in [2.75, 3.05) is 20.2 Å². The first kappa shape index (κ1) is 12.2. The molecule has 0 spiro atoms. The number of phenolic OH excluding ortho intramolecular Hbond substituents is 1. The fourth-order valence-corrected chi connectivity index (χ4v) is 2.63.